The molecule has 39 nitrogen and oxygen atoms in total. The van der Waals surface area contributed by atoms with Crippen LogP contribution in [0.4, 0.5) is 47.4 Å². The summed E-state index contributed by atoms with van der Waals surface area (Å²) in [5.41, 5.74) is 15.4. The van der Waals surface area contributed by atoms with E-state index in [4.69, 9.17) is 57.7 Å². The van der Waals surface area contributed by atoms with Crippen molar-refractivity contribution in [3.63, 3.8) is 0 Å². The average Bonchev–Trinajstić information content (AvgIpc) is 1.70. The molecule has 7 fully saturated rings. The van der Waals surface area contributed by atoms with Crippen LogP contribution in [0, 0.1) is 17.8 Å². The number of imidazole rings is 5. The molecule has 44 heteroatoms. The van der Waals surface area contributed by atoms with Crippen LogP contribution in [0.5, 0.6) is 0 Å². The smallest absolute Gasteiger partial charge is 0.417 e. The molecular formula is C106H114Cl2F3N33O6. The first-order chi connectivity index (χ1) is 72.6. The number of aromatic amines is 3. The summed E-state index contributed by atoms with van der Waals surface area (Å²) in [5, 5.41) is 47.0. The zero-order valence-electron chi connectivity index (χ0n) is 83.6. The molecule has 7 aliphatic rings. The number of amides is 2. The number of alkyl halides is 3. The number of anilines is 5. The van der Waals surface area contributed by atoms with Crippen molar-refractivity contribution < 1.29 is 42.4 Å². The molecule has 0 unspecified atom stereocenters. The molecule has 150 heavy (non-hydrogen) atoms. The van der Waals surface area contributed by atoms with E-state index in [9.17, 15) is 27.9 Å². The second kappa shape index (κ2) is 43.3. The molecule has 2 saturated carbocycles. The molecule has 0 bridgehead atoms. The fraction of sp³-hybridized carbons (Fsp3) is 0.377. The molecule has 0 aromatic carbocycles. The number of aliphatic hydroxyl groups excluding tert-OH is 2. The lowest BCUT2D eigenvalue weighted by molar-refractivity contribution is -0.137. The van der Waals surface area contributed by atoms with Crippen LogP contribution in [-0.2, 0) is 20.4 Å². The molecule has 774 valence electrons. The standard InChI is InChI=1S/2C23H25N7.C22H27ClN6O2.C19H18ClN7O.C19H19F3N6O3/c2*1-15-8-18(19-9-26-27-10-19)13-29(12-15)23-24-7-6-20(28-23)21-11-25-22-5-4-17(14-30(21)22)16-2-3-16;1-14-9-16(26-21(30)31-22(2,3)4)13-28(11-14)19-7-8-24-20(27-19)17-10-25-18-6-5-15(23)12-29(17)18;1-12-9-26(11-17(28-12)13-6-23-24-7-13)19-21-5-4-15(25-19)16-8-22-18-3-2-14(20)10-27(16)18;20-19(21,22)11-1-2-15-24-6-14(28(15)7-11)18-23-4-3-16(26-18)27-8-12(5-13(30)9-27)25-17(31)10-29/h2*4-7,9-11,14-16,18H,2-3,8,12-13H2,1H3,(H,26,27);5-8,10,12,14,16H,9,11,13H2,1-4H3,(H,26,30);2-8,10,12,17H,9,11H2,1H3,(H,23,24);1-4,6-7,12-13,29-30H,5,8-10H2,(H,25,31)/t2*15-,18+;14-,16-;12-,17+;12-,13-/m10110/s1. The third-order valence-electron chi connectivity index (χ3n) is 27.6. The Morgan fingerprint density at radius 2 is 0.820 bits per heavy atom. The highest BCUT2D eigenvalue weighted by Crippen LogP contribution is 2.44. The van der Waals surface area contributed by atoms with Crippen molar-refractivity contribution in [1.29, 1.82) is 0 Å². The van der Waals surface area contributed by atoms with Crippen molar-refractivity contribution in [2.45, 2.75) is 166 Å². The van der Waals surface area contributed by atoms with Crippen LogP contribution in [0.15, 0.2) is 221 Å². The maximum Gasteiger partial charge on any atom is 0.417 e. The zero-order chi connectivity index (χ0) is 104. The van der Waals surface area contributed by atoms with E-state index < -0.39 is 48.1 Å². The van der Waals surface area contributed by atoms with Crippen molar-refractivity contribution >= 4 is 92.9 Å². The van der Waals surface area contributed by atoms with E-state index >= 15 is 0 Å². The van der Waals surface area contributed by atoms with Crippen molar-refractivity contribution in [3.05, 3.63) is 265 Å². The summed E-state index contributed by atoms with van der Waals surface area (Å²) in [4.78, 5) is 103. The van der Waals surface area contributed by atoms with E-state index in [-0.39, 0.29) is 36.3 Å². The van der Waals surface area contributed by atoms with E-state index in [0.717, 1.165) is 157 Å². The largest absolute Gasteiger partial charge is 0.444 e. The maximum atomic E-state index is 13.1. The minimum absolute atomic E-state index is 0.0216. The highest BCUT2D eigenvalue weighted by atomic mass is 35.5. The van der Waals surface area contributed by atoms with Gasteiger partial charge in [0.2, 0.25) is 23.8 Å². The first kappa shape index (κ1) is 100. The van der Waals surface area contributed by atoms with Crippen LogP contribution in [0.1, 0.15) is 163 Å². The normalized spacial score (nSPS) is 20.6. The molecule has 10 atom stereocenters. The van der Waals surface area contributed by atoms with Gasteiger partial charge in [-0.2, -0.15) is 28.5 Å². The Morgan fingerprint density at radius 3 is 1.27 bits per heavy atom. The summed E-state index contributed by atoms with van der Waals surface area (Å²) in [6.45, 7) is 21.0. The lowest BCUT2D eigenvalue weighted by Gasteiger charge is -2.37. The number of aromatic nitrogens is 26. The number of alkyl carbamates (subject to hydrolysis) is 1. The Balaban J connectivity index is 0.000000109. The average molecular weight is 2070 g/mol. The number of H-pyrrole nitrogens is 3. The molecule has 0 spiro atoms. The highest BCUT2D eigenvalue weighted by molar-refractivity contribution is 6.30. The van der Waals surface area contributed by atoms with Gasteiger partial charge in [0.25, 0.3) is 0 Å². The van der Waals surface area contributed by atoms with Crippen LogP contribution in [-0.4, -0.2) is 252 Å². The number of nitrogens with one attached hydrogen (secondary N) is 5. The van der Waals surface area contributed by atoms with Crippen molar-refractivity contribution in [1.82, 2.24) is 138 Å². The number of carbonyl (C=O) groups excluding carboxylic acids is 2. The topological polar surface area (TPSA) is 435 Å². The molecule has 5 saturated heterocycles. The third kappa shape index (κ3) is 23.5. The number of halogens is 5. The fourth-order valence-electron chi connectivity index (χ4n) is 20.5. The molecule has 2 aliphatic carbocycles. The van der Waals surface area contributed by atoms with Gasteiger partial charge >= 0.3 is 12.3 Å². The molecular weight excluding hydrogens is 1960 g/mol. The van der Waals surface area contributed by atoms with Crippen molar-refractivity contribution in [3.8, 4) is 57.2 Å². The number of pyridine rings is 5. The van der Waals surface area contributed by atoms with Gasteiger partial charge in [0.15, 0.2) is 11.6 Å². The summed E-state index contributed by atoms with van der Waals surface area (Å²) >= 11 is 12.3. The van der Waals surface area contributed by atoms with Gasteiger partial charge in [-0.3, -0.25) is 42.1 Å². The number of carbonyl (C=O) groups is 2. The van der Waals surface area contributed by atoms with E-state index in [1.54, 1.807) is 54.2 Å². The van der Waals surface area contributed by atoms with Gasteiger partial charge in [0.05, 0.1) is 124 Å². The first-order valence-corrected chi connectivity index (χ1v) is 51.2. The minimum Gasteiger partial charge on any atom is -0.444 e. The SMILES string of the molecule is C[C@@H]1CN(c2nccc(-c3cnc4ccc(Cl)cn34)n2)C[C@@H](c2cn[nH]c2)O1.C[C@@H]1C[C@@H](NC(=O)OC(C)(C)C)CN(c2ccnc(-c3cnc4ccc(Cl)cn34)n2)C1.C[C@@H]1C[C@H](c2cn[nH]c2)CN(c2nccc(-c3cnc4ccc(C5CC5)cn34)n2)C1.C[C@H]1C[C@@H](c2cn[nH]c2)CN(c2nccc(-c3cnc4ccc(C5CC5)cn34)n2)C1.O=C(CO)N[C@H]1C[C@H](O)CN(c2ccnc(-c3cnc4ccc(C(F)(F)F)cn34)n2)C1. The van der Waals surface area contributed by atoms with Crippen LogP contribution in [0.25, 0.3) is 85.4 Å². The quantitative estimate of drug-likeness (QED) is 0.0419. The van der Waals surface area contributed by atoms with Gasteiger partial charge in [0.1, 0.15) is 69.6 Å². The minimum atomic E-state index is -4.50. The summed E-state index contributed by atoms with van der Waals surface area (Å²) in [7, 11) is 0. The second-order valence-electron chi connectivity index (χ2n) is 40.8. The third-order valence-corrected chi connectivity index (χ3v) is 28.1. The number of morpholine rings is 1. The van der Waals surface area contributed by atoms with Gasteiger partial charge in [0, 0.05) is 163 Å². The predicted molar refractivity (Wildman–Crippen MR) is 560 cm³/mol. The van der Waals surface area contributed by atoms with Crippen LogP contribution in [0.3, 0.4) is 0 Å². The molecule has 18 aromatic heterocycles. The number of nitrogens with zero attached hydrogens (tertiary/aromatic N) is 28. The molecule has 18 aromatic rings. The first-order valence-electron chi connectivity index (χ1n) is 50.4. The summed E-state index contributed by atoms with van der Waals surface area (Å²) in [6, 6.07) is 27.2. The number of hydrogen-bond acceptors (Lipinski definition) is 29. The number of rotatable bonds is 18. The highest BCUT2D eigenvalue weighted by Gasteiger charge is 2.38. The van der Waals surface area contributed by atoms with E-state index in [0.29, 0.717) is 101 Å². The zero-order valence-corrected chi connectivity index (χ0v) is 85.1. The van der Waals surface area contributed by atoms with E-state index in [2.05, 4.69) is 189 Å². The number of β-amino-alcohol motifs (C(OH)–C–C–N with tert-alkyl or cyclic N) is 1. The predicted octanol–water partition coefficient (Wildman–Crippen LogP) is 16.2. The Kier molecular flexibility index (Phi) is 29.0. The van der Waals surface area contributed by atoms with Gasteiger partial charge in [-0.25, -0.2) is 79.6 Å². The lowest BCUT2D eigenvalue weighted by atomic mass is 9.87. The monoisotopic (exact) mass is 2070 g/mol. The summed E-state index contributed by atoms with van der Waals surface area (Å²) in [6.07, 6.45) is 41.1. The summed E-state index contributed by atoms with van der Waals surface area (Å²) in [5.74, 6) is 7.52. The van der Waals surface area contributed by atoms with E-state index in [1.165, 1.54) is 70.8 Å². The Labute approximate surface area is 870 Å². The molecule has 5 aliphatic heterocycles. The molecule has 23 heterocycles. The van der Waals surface area contributed by atoms with E-state index in [1.807, 2.05) is 134 Å². The number of ether oxygens (including phenoxy) is 2. The van der Waals surface area contributed by atoms with Crippen LogP contribution >= 0.6 is 23.2 Å². The molecule has 0 radical (unpaired) electrons. The maximum absolute atomic E-state index is 13.1. The number of aliphatic hydroxyl groups is 2. The van der Waals surface area contributed by atoms with Crippen molar-refractivity contribution in [2.75, 3.05) is 96.6 Å². The molecule has 7 N–H and O–H groups in total. The van der Waals surface area contributed by atoms with Crippen molar-refractivity contribution in [2.24, 2.45) is 17.8 Å². The lowest BCUT2D eigenvalue weighted by Crippen LogP contribution is -2.53. The Morgan fingerprint density at radius 1 is 0.413 bits per heavy atom. The number of fused-ring (bicyclic) bond motifs is 5. The van der Waals surface area contributed by atoms with Gasteiger partial charge in [-0.1, -0.05) is 56.1 Å². The number of piperidine rings is 4. The van der Waals surface area contributed by atoms with Gasteiger partial charge in [-0.15, -0.1) is 0 Å². The fourth-order valence-corrected chi connectivity index (χ4v) is 20.8. The second-order valence-corrected chi connectivity index (χ2v) is 41.6. The molecule has 25 rings (SSSR count). The Bertz CT molecular complexity index is 7570. The van der Waals surface area contributed by atoms with Gasteiger partial charge < -0.3 is 54.8 Å². The van der Waals surface area contributed by atoms with Crippen LogP contribution < -0.4 is 35.1 Å². The number of hydrogen-bond donors (Lipinski definition) is 7. The molecule has 2 amide bonds. The van der Waals surface area contributed by atoms with Gasteiger partial charge in [-0.05, 0) is 210 Å². The van der Waals surface area contributed by atoms with Crippen LogP contribution in [0.2, 0.25) is 10.0 Å². The summed E-state index contributed by atoms with van der Waals surface area (Å²) < 4.78 is 60.3. The Hall–Kier alpha value is -15.5.